The number of rotatable bonds is 4. The Hall–Kier alpha value is -3.10. The Kier molecular flexibility index (Phi) is 4.37. The van der Waals surface area contributed by atoms with Gasteiger partial charge in [-0.2, -0.15) is 0 Å². The highest BCUT2D eigenvalue weighted by atomic mass is 16.3. The van der Waals surface area contributed by atoms with E-state index in [1.54, 1.807) is 12.4 Å². The first kappa shape index (κ1) is 18.0. The molecule has 1 aliphatic carbocycles. The average Bonchev–Trinajstić information content (AvgIpc) is 3.29. The van der Waals surface area contributed by atoms with Crippen molar-refractivity contribution >= 4 is 27.9 Å². The van der Waals surface area contributed by atoms with Crippen LogP contribution in [0.15, 0.2) is 49.2 Å². The van der Waals surface area contributed by atoms with E-state index in [1.807, 2.05) is 35.0 Å². The zero-order valence-electron chi connectivity index (χ0n) is 15.8. The monoisotopic (exact) mass is 390 g/mol. The van der Waals surface area contributed by atoms with Gasteiger partial charge in [-0.15, -0.1) is 0 Å². The van der Waals surface area contributed by atoms with Crippen LogP contribution in [0.3, 0.4) is 0 Å². The van der Waals surface area contributed by atoms with Crippen LogP contribution < -0.4 is 5.73 Å². The molecule has 0 saturated heterocycles. The number of aliphatic hydroxyl groups is 2. The molecule has 3 heterocycles. The molecule has 5 rings (SSSR count). The lowest BCUT2D eigenvalue weighted by Crippen LogP contribution is -2.29. The minimum atomic E-state index is -0.853. The van der Waals surface area contributed by atoms with Crippen molar-refractivity contribution in [1.82, 2.24) is 24.5 Å². The van der Waals surface area contributed by atoms with Gasteiger partial charge in [0.2, 0.25) is 0 Å². The number of nitrogen functional groups attached to an aromatic ring is 1. The smallest absolute Gasteiger partial charge is 0.145 e. The molecule has 0 unspecified atom stereocenters. The first-order chi connectivity index (χ1) is 14.1. The van der Waals surface area contributed by atoms with Gasteiger partial charge in [0.1, 0.15) is 23.9 Å². The van der Waals surface area contributed by atoms with Crippen LogP contribution in [0.2, 0.25) is 0 Å². The third-order valence-electron chi connectivity index (χ3n) is 6.01. The number of benzene rings is 1. The van der Waals surface area contributed by atoms with Crippen LogP contribution in [0.25, 0.3) is 22.1 Å². The predicted octanol–water partition coefficient (Wildman–Crippen LogP) is 1.87. The second kappa shape index (κ2) is 7.06. The minimum Gasteiger partial charge on any atom is -0.390 e. The normalized spacial score (nSPS) is 24.5. The molecule has 0 radical (unpaired) electrons. The molecule has 0 aliphatic heterocycles. The first-order valence-corrected chi connectivity index (χ1v) is 9.74. The lowest BCUT2D eigenvalue weighted by atomic mass is 9.96. The van der Waals surface area contributed by atoms with E-state index >= 15 is 0 Å². The minimum absolute atomic E-state index is 0.0100. The summed E-state index contributed by atoms with van der Waals surface area (Å²) in [7, 11) is 0. The molecular weight excluding hydrogens is 368 g/mol. The van der Waals surface area contributed by atoms with Gasteiger partial charge >= 0.3 is 0 Å². The van der Waals surface area contributed by atoms with E-state index < -0.39 is 12.2 Å². The van der Waals surface area contributed by atoms with Gasteiger partial charge < -0.3 is 20.5 Å². The molecule has 4 aromatic rings. The molecule has 1 saturated carbocycles. The van der Waals surface area contributed by atoms with Gasteiger partial charge in [0.25, 0.3) is 0 Å². The van der Waals surface area contributed by atoms with Crippen molar-refractivity contribution < 1.29 is 10.2 Å². The Bertz CT molecular complexity index is 1180. The fourth-order valence-electron chi connectivity index (χ4n) is 4.44. The molecule has 8 heteroatoms. The van der Waals surface area contributed by atoms with Crippen LogP contribution in [-0.2, 0) is 6.42 Å². The molecule has 29 heavy (non-hydrogen) atoms. The van der Waals surface area contributed by atoms with Crippen LogP contribution >= 0.6 is 0 Å². The summed E-state index contributed by atoms with van der Waals surface area (Å²) in [5, 5.41) is 22.1. The fraction of sp³-hybridized carbons (Fsp3) is 0.333. The second-order valence-corrected chi connectivity index (χ2v) is 7.68. The summed E-state index contributed by atoms with van der Waals surface area (Å²) >= 11 is 0. The van der Waals surface area contributed by atoms with Gasteiger partial charge in [-0.1, -0.05) is 6.07 Å². The highest BCUT2D eigenvalue weighted by Gasteiger charge is 2.42. The van der Waals surface area contributed by atoms with E-state index in [2.05, 4.69) is 19.9 Å². The van der Waals surface area contributed by atoms with Crippen molar-refractivity contribution in [3.05, 3.63) is 54.7 Å². The van der Waals surface area contributed by atoms with E-state index in [9.17, 15) is 10.2 Å². The molecule has 1 aromatic carbocycles. The van der Waals surface area contributed by atoms with Crippen LogP contribution in [0.5, 0.6) is 0 Å². The summed E-state index contributed by atoms with van der Waals surface area (Å²) in [5.41, 5.74) is 9.49. The maximum absolute atomic E-state index is 10.7. The summed E-state index contributed by atoms with van der Waals surface area (Å²) in [6.07, 6.45) is 7.27. The quantitative estimate of drug-likeness (QED) is 0.486. The number of hydrogen-bond acceptors (Lipinski definition) is 7. The number of aromatic nitrogens is 5. The van der Waals surface area contributed by atoms with E-state index in [-0.39, 0.29) is 12.0 Å². The molecule has 1 aliphatic rings. The second-order valence-electron chi connectivity index (χ2n) is 7.68. The molecule has 4 atom stereocenters. The summed E-state index contributed by atoms with van der Waals surface area (Å²) in [5.74, 6) is 0.405. The number of hydrogen-bond donors (Lipinski definition) is 3. The number of aryl methyl sites for hydroxylation is 1. The first-order valence-electron chi connectivity index (χ1n) is 9.74. The summed E-state index contributed by atoms with van der Waals surface area (Å²) < 4.78 is 1.91. The lowest BCUT2D eigenvalue weighted by molar-refractivity contribution is 0.00545. The van der Waals surface area contributed by atoms with Gasteiger partial charge in [-0.25, -0.2) is 9.97 Å². The molecule has 8 nitrogen and oxygen atoms in total. The van der Waals surface area contributed by atoms with Crippen LogP contribution in [0.1, 0.15) is 24.4 Å². The number of nitrogens with two attached hydrogens (primary N) is 1. The average molecular weight is 390 g/mol. The Morgan fingerprint density at radius 2 is 1.83 bits per heavy atom. The third-order valence-corrected chi connectivity index (χ3v) is 6.01. The van der Waals surface area contributed by atoms with Crippen molar-refractivity contribution in [3.63, 3.8) is 0 Å². The van der Waals surface area contributed by atoms with Crippen LogP contribution in [0.4, 0.5) is 5.82 Å². The van der Waals surface area contributed by atoms with Crippen molar-refractivity contribution in [2.45, 2.75) is 37.5 Å². The standard InChI is InChI=1S/C21H22N6O2/c22-20-14-5-8-27(21(14)26-11-25-20)17-10-13(18(28)19(17)29)3-1-12-2-4-15-16(9-12)24-7-6-23-15/h2,4-9,11,13,17-19,28-29H,1,3,10H2,(H2,22,25,26)/t13-,17+,18+,19-/m0/s1. The number of nitrogens with zero attached hydrogens (tertiary/aromatic N) is 5. The maximum atomic E-state index is 10.7. The summed E-state index contributed by atoms with van der Waals surface area (Å²) in [6, 6.07) is 7.66. The predicted molar refractivity (Wildman–Crippen MR) is 109 cm³/mol. The van der Waals surface area contributed by atoms with E-state index in [0.29, 0.717) is 17.9 Å². The van der Waals surface area contributed by atoms with Crippen molar-refractivity contribution in [3.8, 4) is 0 Å². The van der Waals surface area contributed by atoms with E-state index in [0.717, 1.165) is 34.8 Å². The van der Waals surface area contributed by atoms with Crippen molar-refractivity contribution in [2.24, 2.45) is 5.92 Å². The van der Waals surface area contributed by atoms with Crippen LogP contribution in [-0.4, -0.2) is 46.9 Å². The molecule has 3 aromatic heterocycles. The molecule has 4 N–H and O–H groups in total. The maximum Gasteiger partial charge on any atom is 0.145 e. The Morgan fingerprint density at radius 1 is 1.00 bits per heavy atom. The van der Waals surface area contributed by atoms with Gasteiger partial charge in [-0.05, 0) is 48.9 Å². The van der Waals surface area contributed by atoms with Gasteiger partial charge in [-0.3, -0.25) is 9.97 Å². The largest absolute Gasteiger partial charge is 0.390 e. The lowest BCUT2D eigenvalue weighted by Gasteiger charge is -2.19. The highest BCUT2D eigenvalue weighted by Crippen LogP contribution is 2.39. The molecule has 0 amide bonds. The summed E-state index contributed by atoms with van der Waals surface area (Å²) in [6.45, 7) is 0. The molecule has 148 valence electrons. The fourth-order valence-corrected chi connectivity index (χ4v) is 4.44. The van der Waals surface area contributed by atoms with Gasteiger partial charge in [0, 0.05) is 18.6 Å². The zero-order chi connectivity index (χ0) is 20.0. The third kappa shape index (κ3) is 3.10. The topological polar surface area (TPSA) is 123 Å². The number of fused-ring (bicyclic) bond motifs is 2. The number of aliphatic hydroxyl groups excluding tert-OH is 2. The van der Waals surface area contributed by atoms with Crippen molar-refractivity contribution in [1.29, 1.82) is 0 Å². The SMILES string of the molecule is Nc1ncnc2c1ccn2[C@@H]1C[C@H](CCc2ccc3nccnc3c2)[C@@H](O)[C@H]1O. The molecule has 0 bridgehead atoms. The zero-order valence-corrected chi connectivity index (χ0v) is 15.8. The Morgan fingerprint density at radius 3 is 2.69 bits per heavy atom. The molecule has 1 fully saturated rings. The number of anilines is 1. The summed E-state index contributed by atoms with van der Waals surface area (Å²) in [4.78, 5) is 17.0. The van der Waals surface area contributed by atoms with Gasteiger partial charge in [0.15, 0.2) is 0 Å². The Balaban J connectivity index is 1.34. The molecular formula is C21H22N6O2. The van der Waals surface area contributed by atoms with Crippen LogP contribution in [0, 0.1) is 5.92 Å². The molecule has 0 spiro atoms. The van der Waals surface area contributed by atoms with Crippen molar-refractivity contribution in [2.75, 3.05) is 5.73 Å². The highest BCUT2D eigenvalue weighted by molar-refractivity contribution is 5.86. The van der Waals surface area contributed by atoms with E-state index in [4.69, 9.17) is 5.73 Å². The van der Waals surface area contributed by atoms with Gasteiger partial charge in [0.05, 0.1) is 28.6 Å². The Labute approximate surface area is 167 Å². The van der Waals surface area contributed by atoms with E-state index in [1.165, 1.54) is 6.33 Å².